The average molecular weight is 205 g/mol. The van der Waals surface area contributed by atoms with Crippen LogP contribution in [0.4, 0.5) is 0 Å². The molecule has 0 radical (unpaired) electrons. The van der Waals surface area contributed by atoms with Gasteiger partial charge in [0.1, 0.15) is 0 Å². The maximum Gasteiger partial charge on any atom is 0.259 e. The molecular weight excluding hydrogens is 198 g/mol. The lowest BCUT2D eigenvalue weighted by molar-refractivity contribution is 0.112. The lowest BCUT2D eigenvalue weighted by Crippen LogP contribution is -2.11. The predicted octanol–water partition coefficient (Wildman–Crippen LogP) is 1.92. The number of aromatic nitrogens is 1. The van der Waals surface area contributed by atoms with Crippen molar-refractivity contribution in [1.29, 1.82) is 0 Å². The number of rotatable bonds is 2. The first-order valence-electron chi connectivity index (χ1n) is 4.03. The molecule has 3 nitrogen and oxygen atoms in total. The standard InChI is InChI=1S/C10H7NO2S/c12-6-7-3-4-8(11-10(7)13)9-2-1-5-14-9/h1-6H,(H,11,13). The van der Waals surface area contributed by atoms with Gasteiger partial charge in [-0.2, -0.15) is 0 Å². The molecule has 0 fully saturated rings. The fraction of sp³-hybridized carbons (Fsp3) is 0. The summed E-state index contributed by atoms with van der Waals surface area (Å²) in [6, 6.07) is 7.08. The molecule has 0 aliphatic heterocycles. The van der Waals surface area contributed by atoms with E-state index in [9.17, 15) is 9.59 Å². The minimum Gasteiger partial charge on any atom is -0.321 e. The van der Waals surface area contributed by atoms with E-state index in [1.54, 1.807) is 6.07 Å². The predicted molar refractivity (Wildman–Crippen MR) is 55.8 cm³/mol. The van der Waals surface area contributed by atoms with Crippen molar-refractivity contribution in [2.45, 2.75) is 0 Å². The second-order valence-corrected chi connectivity index (χ2v) is 3.70. The van der Waals surface area contributed by atoms with Gasteiger partial charge >= 0.3 is 0 Å². The third kappa shape index (κ3) is 1.52. The maximum absolute atomic E-state index is 11.3. The van der Waals surface area contributed by atoms with Crippen molar-refractivity contribution in [2.75, 3.05) is 0 Å². The van der Waals surface area contributed by atoms with Gasteiger partial charge in [-0.25, -0.2) is 0 Å². The van der Waals surface area contributed by atoms with Crippen LogP contribution in [0.15, 0.2) is 34.4 Å². The molecule has 1 N–H and O–H groups in total. The number of H-pyrrole nitrogens is 1. The molecule has 0 saturated carbocycles. The molecule has 0 bridgehead atoms. The fourth-order valence-corrected chi connectivity index (χ4v) is 1.86. The number of hydrogen-bond acceptors (Lipinski definition) is 3. The molecule has 0 aliphatic carbocycles. The molecule has 0 aromatic carbocycles. The zero-order valence-corrected chi connectivity index (χ0v) is 8.01. The lowest BCUT2D eigenvalue weighted by atomic mass is 10.2. The SMILES string of the molecule is O=Cc1ccc(-c2cccs2)[nH]c1=O. The van der Waals surface area contributed by atoms with Gasteiger partial charge in [-0.05, 0) is 23.6 Å². The molecule has 0 atom stereocenters. The molecule has 70 valence electrons. The number of pyridine rings is 1. The van der Waals surface area contributed by atoms with E-state index in [0.717, 1.165) is 10.6 Å². The first-order valence-corrected chi connectivity index (χ1v) is 4.91. The molecule has 0 spiro atoms. The highest BCUT2D eigenvalue weighted by atomic mass is 32.1. The number of aldehydes is 1. The van der Waals surface area contributed by atoms with Gasteiger partial charge in [0.25, 0.3) is 5.56 Å². The van der Waals surface area contributed by atoms with Crippen LogP contribution in [0.3, 0.4) is 0 Å². The first-order chi connectivity index (χ1) is 6.81. The number of thiophene rings is 1. The number of nitrogens with one attached hydrogen (secondary N) is 1. The molecule has 4 heteroatoms. The van der Waals surface area contributed by atoms with Crippen molar-refractivity contribution < 1.29 is 4.79 Å². The highest BCUT2D eigenvalue weighted by molar-refractivity contribution is 7.13. The van der Waals surface area contributed by atoms with Gasteiger partial charge in [0.05, 0.1) is 16.1 Å². The minimum atomic E-state index is -0.342. The number of carbonyl (C=O) groups is 1. The van der Waals surface area contributed by atoms with E-state index in [1.165, 1.54) is 17.4 Å². The topological polar surface area (TPSA) is 49.9 Å². The zero-order chi connectivity index (χ0) is 9.97. The largest absolute Gasteiger partial charge is 0.321 e. The van der Waals surface area contributed by atoms with Crippen LogP contribution in [0.1, 0.15) is 10.4 Å². The van der Waals surface area contributed by atoms with Crippen LogP contribution >= 0.6 is 11.3 Å². The summed E-state index contributed by atoms with van der Waals surface area (Å²) in [7, 11) is 0. The number of carbonyl (C=O) groups excluding carboxylic acids is 1. The lowest BCUT2D eigenvalue weighted by Gasteiger charge is -1.96. The molecule has 2 aromatic rings. The molecule has 14 heavy (non-hydrogen) atoms. The van der Waals surface area contributed by atoms with E-state index in [1.807, 2.05) is 17.5 Å². The van der Waals surface area contributed by atoms with E-state index < -0.39 is 0 Å². The second-order valence-electron chi connectivity index (χ2n) is 2.75. The summed E-state index contributed by atoms with van der Waals surface area (Å²) in [6.45, 7) is 0. The van der Waals surface area contributed by atoms with E-state index in [0.29, 0.717) is 6.29 Å². The average Bonchev–Trinajstić information content (AvgIpc) is 2.70. The zero-order valence-electron chi connectivity index (χ0n) is 7.19. The van der Waals surface area contributed by atoms with Crippen molar-refractivity contribution in [3.05, 3.63) is 45.6 Å². The van der Waals surface area contributed by atoms with Crippen LogP contribution < -0.4 is 5.56 Å². The Bertz CT molecular complexity index is 499. The molecular formula is C10H7NO2S. The third-order valence-corrected chi connectivity index (χ3v) is 2.76. The van der Waals surface area contributed by atoms with Gasteiger partial charge in [0.2, 0.25) is 0 Å². The first kappa shape index (κ1) is 8.90. The molecule has 0 unspecified atom stereocenters. The van der Waals surface area contributed by atoms with Crippen LogP contribution in [0.2, 0.25) is 0 Å². The summed E-state index contributed by atoms with van der Waals surface area (Å²) in [4.78, 5) is 25.3. The van der Waals surface area contributed by atoms with Gasteiger partial charge in [0.15, 0.2) is 6.29 Å². The molecule has 0 amide bonds. The molecule has 2 aromatic heterocycles. The second kappa shape index (κ2) is 3.59. The van der Waals surface area contributed by atoms with Gasteiger partial charge in [-0.1, -0.05) is 6.07 Å². The Kier molecular flexibility index (Phi) is 2.28. The quantitative estimate of drug-likeness (QED) is 0.761. The van der Waals surface area contributed by atoms with E-state index in [2.05, 4.69) is 4.98 Å². The Morgan fingerprint density at radius 3 is 2.71 bits per heavy atom. The summed E-state index contributed by atoms with van der Waals surface area (Å²) in [5.74, 6) is 0. The van der Waals surface area contributed by atoms with Crippen molar-refractivity contribution in [2.24, 2.45) is 0 Å². The van der Waals surface area contributed by atoms with Crippen molar-refractivity contribution in [1.82, 2.24) is 4.98 Å². The summed E-state index contributed by atoms with van der Waals surface area (Å²) >= 11 is 1.54. The Labute approximate surface area is 84.0 Å². The smallest absolute Gasteiger partial charge is 0.259 e. The summed E-state index contributed by atoms with van der Waals surface area (Å²) in [5.41, 5.74) is 0.562. The molecule has 0 aliphatic rings. The van der Waals surface area contributed by atoms with Crippen LogP contribution in [0.25, 0.3) is 10.6 Å². The van der Waals surface area contributed by atoms with Crippen LogP contribution in [-0.4, -0.2) is 11.3 Å². The summed E-state index contributed by atoms with van der Waals surface area (Å²) < 4.78 is 0. The van der Waals surface area contributed by atoms with Gasteiger partial charge in [-0.3, -0.25) is 9.59 Å². The van der Waals surface area contributed by atoms with Crippen molar-refractivity contribution in [3.63, 3.8) is 0 Å². The number of hydrogen-bond donors (Lipinski definition) is 1. The Balaban J connectivity index is 2.53. The Morgan fingerprint density at radius 2 is 2.14 bits per heavy atom. The monoisotopic (exact) mass is 205 g/mol. The summed E-state index contributed by atoms with van der Waals surface area (Å²) in [5, 5.41) is 1.93. The Morgan fingerprint density at radius 1 is 1.29 bits per heavy atom. The van der Waals surface area contributed by atoms with Crippen LogP contribution in [0, 0.1) is 0 Å². The van der Waals surface area contributed by atoms with Crippen molar-refractivity contribution in [3.8, 4) is 10.6 Å². The Hall–Kier alpha value is -1.68. The van der Waals surface area contributed by atoms with Crippen LogP contribution in [-0.2, 0) is 0 Å². The highest BCUT2D eigenvalue weighted by Crippen LogP contribution is 2.21. The van der Waals surface area contributed by atoms with Gasteiger partial charge in [0, 0.05) is 0 Å². The molecule has 2 rings (SSSR count). The fourth-order valence-electron chi connectivity index (χ4n) is 1.15. The van der Waals surface area contributed by atoms with Crippen LogP contribution in [0.5, 0.6) is 0 Å². The third-order valence-electron chi connectivity index (χ3n) is 1.85. The van der Waals surface area contributed by atoms with Gasteiger partial charge < -0.3 is 4.98 Å². The van der Waals surface area contributed by atoms with Crippen molar-refractivity contribution >= 4 is 17.6 Å². The number of aromatic amines is 1. The van der Waals surface area contributed by atoms with E-state index in [-0.39, 0.29) is 11.1 Å². The minimum absolute atomic E-state index is 0.158. The van der Waals surface area contributed by atoms with Gasteiger partial charge in [-0.15, -0.1) is 11.3 Å². The normalized spacial score (nSPS) is 10.0. The maximum atomic E-state index is 11.3. The van der Waals surface area contributed by atoms with E-state index >= 15 is 0 Å². The molecule has 0 saturated heterocycles. The summed E-state index contributed by atoms with van der Waals surface area (Å²) in [6.07, 6.45) is 0.553. The molecule has 2 heterocycles. The highest BCUT2D eigenvalue weighted by Gasteiger charge is 2.02. The van der Waals surface area contributed by atoms with E-state index in [4.69, 9.17) is 0 Å².